The smallest absolute Gasteiger partial charge is 0.319 e. The molecule has 5 fully saturated rings. The molecule has 5 aliphatic rings. The van der Waals surface area contributed by atoms with E-state index in [-0.39, 0.29) is 39.6 Å². The van der Waals surface area contributed by atoms with Crippen LogP contribution in [-0.4, -0.2) is 75.4 Å². The van der Waals surface area contributed by atoms with Crippen LogP contribution in [0.15, 0.2) is 42.6 Å². The van der Waals surface area contributed by atoms with Gasteiger partial charge in [-0.1, -0.05) is 24.1 Å². The lowest BCUT2D eigenvalue weighted by atomic mass is 9.91. The van der Waals surface area contributed by atoms with Gasteiger partial charge in [0.05, 0.1) is 16.5 Å². The van der Waals surface area contributed by atoms with Crippen molar-refractivity contribution in [2.24, 2.45) is 11.8 Å². The van der Waals surface area contributed by atoms with Crippen molar-refractivity contribution in [1.29, 1.82) is 0 Å². The number of rotatable bonds is 5. The van der Waals surface area contributed by atoms with Gasteiger partial charge in [-0.15, -0.1) is 6.42 Å². The van der Waals surface area contributed by atoms with Crippen molar-refractivity contribution in [3.05, 3.63) is 59.8 Å². The van der Waals surface area contributed by atoms with Crippen molar-refractivity contribution < 1.29 is 18.6 Å². The summed E-state index contributed by atoms with van der Waals surface area (Å²) in [6.07, 6.45) is 11.5. The number of hydrogen-bond donors (Lipinski definition) is 2. The zero-order valence-electron chi connectivity index (χ0n) is 24.7. The number of piperazine rings is 1. The molecule has 9 rings (SSSR count). The Bertz CT molecular complexity index is 1980. The number of hydrogen-bond acceptors (Lipinski definition) is 8. The number of phenolic OH excluding ortho intramolecular Hbond substituents is 1. The molecule has 6 heterocycles. The van der Waals surface area contributed by atoms with Crippen LogP contribution in [-0.2, 0) is 0 Å². The van der Waals surface area contributed by atoms with Crippen molar-refractivity contribution in [1.82, 2.24) is 25.2 Å². The number of piperidine rings is 1. The number of phenols is 1. The highest BCUT2D eigenvalue weighted by atomic mass is 19.1. The molecule has 0 radical (unpaired) electrons. The van der Waals surface area contributed by atoms with E-state index in [2.05, 4.69) is 37.6 Å². The van der Waals surface area contributed by atoms with E-state index < -0.39 is 11.6 Å². The van der Waals surface area contributed by atoms with Crippen LogP contribution < -0.4 is 15.0 Å². The predicted octanol–water partition coefficient (Wildman–Crippen LogP) is 4.78. The summed E-state index contributed by atoms with van der Waals surface area (Å²) in [7, 11) is 0. The number of nitrogens with zero attached hydrogens (tertiary/aromatic N) is 5. The van der Waals surface area contributed by atoms with Crippen LogP contribution in [0.2, 0.25) is 0 Å². The maximum atomic E-state index is 16.8. The van der Waals surface area contributed by atoms with Crippen LogP contribution in [0.4, 0.5) is 14.6 Å². The lowest BCUT2D eigenvalue weighted by Gasteiger charge is -2.35. The maximum absolute atomic E-state index is 16.8. The van der Waals surface area contributed by atoms with Gasteiger partial charge < -0.3 is 20.1 Å². The molecule has 228 valence electrons. The van der Waals surface area contributed by atoms with Gasteiger partial charge in [0.2, 0.25) is 0 Å². The summed E-state index contributed by atoms with van der Waals surface area (Å²) in [6, 6.07) is 6.35. The molecule has 0 spiro atoms. The molecule has 45 heavy (non-hydrogen) atoms. The van der Waals surface area contributed by atoms with Crippen molar-refractivity contribution in [2.75, 3.05) is 37.7 Å². The fourth-order valence-electron chi connectivity index (χ4n) is 8.71. The number of halogens is 2. The number of anilines is 1. The Morgan fingerprint density at radius 1 is 1.16 bits per heavy atom. The third kappa shape index (κ3) is 4.07. The fraction of sp³-hybridized carbons (Fsp3) is 0.400. The summed E-state index contributed by atoms with van der Waals surface area (Å²) in [6.45, 7) is 8.08. The fourth-order valence-corrected chi connectivity index (χ4v) is 8.71. The van der Waals surface area contributed by atoms with Crippen LogP contribution >= 0.6 is 0 Å². The number of benzene rings is 2. The van der Waals surface area contributed by atoms with Gasteiger partial charge in [-0.25, -0.2) is 8.78 Å². The quantitative estimate of drug-likeness (QED) is 0.248. The van der Waals surface area contributed by atoms with Crippen LogP contribution in [0.25, 0.3) is 32.9 Å². The highest BCUT2D eigenvalue weighted by Gasteiger charge is 2.64. The van der Waals surface area contributed by atoms with Gasteiger partial charge in [-0.3, -0.25) is 9.88 Å². The maximum Gasteiger partial charge on any atom is 0.319 e. The molecule has 1 saturated carbocycles. The molecule has 0 amide bonds. The Hall–Kier alpha value is -4.33. The third-order valence-corrected chi connectivity index (χ3v) is 10.7. The predicted molar refractivity (Wildman–Crippen MR) is 167 cm³/mol. The molecule has 2 aromatic heterocycles. The standard InChI is InChI=1S/C35H32F2N6O2/c1-3-24-28(36)7-4-19-8-23(44)10-25(29(19)24)31-30(37)32-26(12-38-31)33(42-15-21-5-6-22(16-42)39-21)41-34(40-32)45-17-35-11-18(2)13-43(35)14-20-9-27(20)35/h1,4,7-8,10,12,20-22,27,39,44H,2,5-6,9,11,13-17H2/t20-,21-,22+,27-,35-/m1/s1. The Morgan fingerprint density at radius 2 is 1.98 bits per heavy atom. The summed E-state index contributed by atoms with van der Waals surface area (Å²) in [5.74, 6) is 2.81. The molecule has 4 aromatic rings. The SMILES string of the molecule is C#Cc1c(F)ccc2cc(O)cc(-c3ncc4c(N5C[C@H]6CC[C@@H](C5)N6)nc(OC[C@@]56CC(=C)CN5C[C@H]5C[C@H]56)nc4c3F)c12. The van der Waals surface area contributed by atoms with E-state index in [0.717, 1.165) is 45.4 Å². The van der Waals surface area contributed by atoms with E-state index in [9.17, 15) is 9.50 Å². The first kappa shape index (κ1) is 27.0. The van der Waals surface area contributed by atoms with Gasteiger partial charge in [-0.05, 0) is 61.1 Å². The number of ether oxygens (including phenoxy) is 1. The minimum absolute atomic E-state index is 0.0237. The molecule has 10 heteroatoms. The zero-order chi connectivity index (χ0) is 30.6. The number of nitrogens with one attached hydrogen (secondary N) is 1. The zero-order valence-corrected chi connectivity index (χ0v) is 24.7. The van der Waals surface area contributed by atoms with Gasteiger partial charge in [-0.2, -0.15) is 9.97 Å². The van der Waals surface area contributed by atoms with Crippen molar-refractivity contribution >= 4 is 27.5 Å². The second-order valence-corrected chi connectivity index (χ2v) is 13.5. The van der Waals surface area contributed by atoms with E-state index >= 15 is 4.39 Å². The number of aromatic nitrogens is 3. The molecule has 2 aromatic carbocycles. The van der Waals surface area contributed by atoms with Gasteiger partial charge in [0.1, 0.15) is 35.2 Å². The minimum atomic E-state index is -0.713. The van der Waals surface area contributed by atoms with E-state index in [1.807, 2.05) is 0 Å². The Labute approximate surface area is 259 Å². The first-order valence-electron chi connectivity index (χ1n) is 15.7. The van der Waals surface area contributed by atoms with Gasteiger partial charge >= 0.3 is 6.01 Å². The van der Waals surface area contributed by atoms with Gasteiger partial charge in [0, 0.05) is 55.4 Å². The number of fused-ring (bicyclic) bond motifs is 7. The molecule has 4 aliphatic heterocycles. The molecule has 2 N–H and O–H groups in total. The number of terminal acetylenes is 1. The summed E-state index contributed by atoms with van der Waals surface area (Å²) in [5, 5.41) is 15.4. The van der Waals surface area contributed by atoms with Gasteiger partial charge in [0.25, 0.3) is 0 Å². The molecular formula is C35H32F2N6O2. The third-order valence-electron chi connectivity index (χ3n) is 10.7. The average molecular weight is 607 g/mol. The second-order valence-electron chi connectivity index (χ2n) is 13.5. The van der Waals surface area contributed by atoms with Crippen molar-refractivity contribution in [3.8, 4) is 35.4 Å². The first-order valence-corrected chi connectivity index (χ1v) is 15.7. The molecule has 5 atom stereocenters. The monoisotopic (exact) mass is 606 g/mol. The van der Waals surface area contributed by atoms with Crippen LogP contribution in [0.5, 0.6) is 11.8 Å². The van der Waals surface area contributed by atoms with Crippen LogP contribution in [0.1, 0.15) is 31.2 Å². The van der Waals surface area contributed by atoms with E-state index in [4.69, 9.17) is 16.1 Å². The Kier molecular flexibility index (Phi) is 5.76. The van der Waals surface area contributed by atoms with E-state index in [1.54, 1.807) is 6.20 Å². The first-order chi connectivity index (χ1) is 21.8. The highest BCUT2D eigenvalue weighted by molar-refractivity contribution is 6.03. The van der Waals surface area contributed by atoms with E-state index in [0.29, 0.717) is 52.5 Å². The van der Waals surface area contributed by atoms with Gasteiger partial charge in [0.15, 0.2) is 5.82 Å². The topological polar surface area (TPSA) is 86.6 Å². The highest BCUT2D eigenvalue weighted by Crippen LogP contribution is 2.60. The lowest BCUT2D eigenvalue weighted by Crippen LogP contribution is -2.51. The molecule has 1 aliphatic carbocycles. The molecule has 0 unspecified atom stereocenters. The van der Waals surface area contributed by atoms with Crippen molar-refractivity contribution in [2.45, 2.75) is 43.3 Å². The number of pyridine rings is 1. The second kappa shape index (κ2) is 9.59. The normalized spacial score (nSPS) is 28.5. The summed E-state index contributed by atoms with van der Waals surface area (Å²) < 4.78 is 38.1. The summed E-state index contributed by atoms with van der Waals surface area (Å²) in [4.78, 5) is 18.8. The lowest BCUT2D eigenvalue weighted by molar-refractivity contribution is 0.0830. The molecular weight excluding hydrogens is 574 g/mol. The van der Waals surface area contributed by atoms with Crippen LogP contribution in [0, 0.1) is 35.8 Å². The summed E-state index contributed by atoms with van der Waals surface area (Å²) in [5.41, 5.74) is 1.22. The molecule has 2 bridgehead atoms. The van der Waals surface area contributed by atoms with Crippen LogP contribution in [0.3, 0.4) is 0 Å². The summed E-state index contributed by atoms with van der Waals surface area (Å²) >= 11 is 0. The Balaban J connectivity index is 1.19. The van der Waals surface area contributed by atoms with E-state index in [1.165, 1.54) is 36.3 Å². The molecule has 4 saturated heterocycles. The largest absolute Gasteiger partial charge is 0.508 e. The Morgan fingerprint density at radius 3 is 2.78 bits per heavy atom. The van der Waals surface area contributed by atoms with Crippen molar-refractivity contribution in [3.63, 3.8) is 0 Å². The average Bonchev–Trinajstić information content (AvgIpc) is 3.50. The molecule has 8 nitrogen and oxygen atoms in total. The number of aromatic hydroxyl groups is 1. The minimum Gasteiger partial charge on any atom is -0.508 e.